The largest absolute Gasteiger partial charge is 0.484 e. The molecule has 0 spiro atoms. The molecule has 1 N–H and O–H groups in total. The van der Waals surface area contributed by atoms with Crippen LogP contribution in [0.4, 0.5) is 13.2 Å². The molecule has 4 rings (SSSR count). The minimum atomic E-state index is -4.50. The molecule has 186 valence electrons. The molecule has 1 fully saturated rings. The molecule has 2 aromatic heterocycles. The second-order valence-electron chi connectivity index (χ2n) is 8.69. The lowest BCUT2D eigenvalue weighted by atomic mass is 10.0. The van der Waals surface area contributed by atoms with Crippen LogP contribution in [0.2, 0.25) is 0 Å². The number of nitrogens with zero attached hydrogens (tertiary/aromatic N) is 3. The van der Waals surface area contributed by atoms with Crippen LogP contribution < -0.4 is 10.1 Å². The fraction of sp³-hybridized carbons (Fsp3) is 0.417. The molecule has 11 heteroatoms. The van der Waals surface area contributed by atoms with E-state index in [1.807, 2.05) is 30.3 Å². The number of rotatable bonds is 10. The van der Waals surface area contributed by atoms with Crippen LogP contribution >= 0.6 is 0 Å². The molecule has 1 unspecified atom stereocenters. The first kappa shape index (κ1) is 24.6. The van der Waals surface area contributed by atoms with Gasteiger partial charge in [-0.25, -0.2) is 0 Å². The second-order valence-corrected chi connectivity index (χ2v) is 8.69. The van der Waals surface area contributed by atoms with Crippen LogP contribution in [0.1, 0.15) is 59.0 Å². The van der Waals surface area contributed by atoms with E-state index in [1.54, 1.807) is 13.8 Å². The molecule has 0 saturated heterocycles. The number of halogens is 3. The summed E-state index contributed by atoms with van der Waals surface area (Å²) in [5.41, 5.74) is 0.205. The van der Waals surface area contributed by atoms with Gasteiger partial charge in [-0.3, -0.25) is 9.78 Å². The number of ether oxygens (including phenoxy) is 2. The Labute approximate surface area is 199 Å². The molecule has 0 bridgehead atoms. The number of carbonyl (C=O) groups is 1. The lowest BCUT2D eigenvalue weighted by Crippen LogP contribution is -2.48. The van der Waals surface area contributed by atoms with Gasteiger partial charge < -0.3 is 19.3 Å². The third-order valence-corrected chi connectivity index (χ3v) is 5.45. The normalized spacial score (nSPS) is 15.5. The highest BCUT2D eigenvalue weighted by Crippen LogP contribution is 2.44. The first-order valence-corrected chi connectivity index (χ1v) is 11.1. The van der Waals surface area contributed by atoms with E-state index in [0.29, 0.717) is 11.5 Å². The predicted molar refractivity (Wildman–Crippen MR) is 118 cm³/mol. The van der Waals surface area contributed by atoms with Crippen molar-refractivity contribution in [2.75, 3.05) is 13.2 Å². The monoisotopic (exact) mass is 490 g/mol. The molecule has 0 radical (unpaired) electrons. The van der Waals surface area contributed by atoms with Crippen LogP contribution in [-0.4, -0.2) is 40.4 Å². The van der Waals surface area contributed by atoms with Gasteiger partial charge in [0.2, 0.25) is 5.89 Å². The molecule has 1 amide bonds. The zero-order valence-electron chi connectivity index (χ0n) is 19.3. The van der Waals surface area contributed by atoms with Gasteiger partial charge in [-0.1, -0.05) is 35.5 Å². The summed E-state index contributed by atoms with van der Waals surface area (Å²) in [7, 11) is 0. The van der Waals surface area contributed by atoms with Crippen molar-refractivity contribution < 1.29 is 32.0 Å². The maximum Gasteiger partial charge on any atom is 0.422 e. The number of pyridine rings is 1. The number of hydrogen-bond acceptors (Lipinski definition) is 7. The van der Waals surface area contributed by atoms with Gasteiger partial charge in [0, 0.05) is 24.8 Å². The van der Waals surface area contributed by atoms with Crippen molar-refractivity contribution in [1.29, 1.82) is 0 Å². The van der Waals surface area contributed by atoms with Crippen molar-refractivity contribution in [3.8, 4) is 5.75 Å². The summed E-state index contributed by atoms with van der Waals surface area (Å²) in [6.07, 6.45) is -1.43. The Morgan fingerprint density at radius 2 is 1.94 bits per heavy atom. The topological polar surface area (TPSA) is 99.4 Å². The van der Waals surface area contributed by atoms with Crippen molar-refractivity contribution in [2.45, 2.75) is 50.9 Å². The zero-order chi connectivity index (χ0) is 25.1. The Balaban J connectivity index is 1.52. The Bertz CT molecular complexity index is 1170. The minimum Gasteiger partial charge on any atom is -0.484 e. The van der Waals surface area contributed by atoms with Crippen molar-refractivity contribution >= 4 is 5.91 Å². The third-order valence-electron chi connectivity index (χ3n) is 5.45. The van der Waals surface area contributed by atoms with Crippen LogP contribution in [0, 0.1) is 6.92 Å². The maximum atomic E-state index is 13.1. The van der Waals surface area contributed by atoms with Crippen molar-refractivity contribution in [2.24, 2.45) is 0 Å². The zero-order valence-corrected chi connectivity index (χ0v) is 19.3. The van der Waals surface area contributed by atoms with Gasteiger partial charge in [0.15, 0.2) is 12.4 Å². The van der Waals surface area contributed by atoms with E-state index in [1.165, 1.54) is 12.3 Å². The van der Waals surface area contributed by atoms with Crippen molar-refractivity contribution in [3.05, 3.63) is 71.1 Å². The lowest BCUT2D eigenvalue weighted by Gasteiger charge is -2.27. The Morgan fingerprint density at radius 1 is 1.20 bits per heavy atom. The number of hydrogen-bond donors (Lipinski definition) is 1. The average molecular weight is 490 g/mol. The maximum absolute atomic E-state index is 13.1. The van der Waals surface area contributed by atoms with Gasteiger partial charge in [0.05, 0.1) is 13.2 Å². The molecule has 1 atom stereocenters. The minimum absolute atomic E-state index is 0.00223. The van der Waals surface area contributed by atoms with E-state index in [0.717, 1.165) is 18.4 Å². The lowest BCUT2D eigenvalue weighted by molar-refractivity contribution is -0.153. The highest BCUT2D eigenvalue weighted by atomic mass is 19.4. The molecule has 2 heterocycles. The number of nitrogens with one attached hydrogen (secondary N) is 1. The summed E-state index contributed by atoms with van der Waals surface area (Å²) < 4.78 is 54.2. The van der Waals surface area contributed by atoms with Crippen LogP contribution in [0.3, 0.4) is 0 Å². The van der Waals surface area contributed by atoms with Crippen molar-refractivity contribution in [3.63, 3.8) is 0 Å². The number of amides is 1. The number of aryl methyl sites for hydroxylation is 1. The van der Waals surface area contributed by atoms with Crippen LogP contribution in [-0.2, 0) is 16.9 Å². The van der Waals surface area contributed by atoms with Crippen LogP contribution in [0.5, 0.6) is 5.75 Å². The van der Waals surface area contributed by atoms with Gasteiger partial charge in [-0.2, -0.15) is 18.2 Å². The summed E-state index contributed by atoms with van der Waals surface area (Å²) in [6, 6.07) is 10.7. The SMILES string of the molecule is Cc1nc(C(C)(COCc2ccccc2)NC(=O)c2cc(OCC(F)(F)F)c(C3CC3)cn2)no1. The van der Waals surface area contributed by atoms with Gasteiger partial charge >= 0.3 is 6.18 Å². The number of aromatic nitrogens is 3. The van der Waals surface area contributed by atoms with Crippen molar-refractivity contribution in [1.82, 2.24) is 20.4 Å². The molecule has 1 saturated carbocycles. The highest BCUT2D eigenvalue weighted by Gasteiger charge is 2.36. The van der Waals surface area contributed by atoms with Gasteiger partial charge in [0.25, 0.3) is 5.91 Å². The first-order chi connectivity index (χ1) is 16.6. The second kappa shape index (κ2) is 10.0. The molecular weight excluding hydrogens is 465 g/mol. The molecule has 1 aliphatic carbocycles. The molecular formula is C24H25F3N4O4. The molecule has 0 aliphatic heterocycles. The molecule has 1 aromatic carbocycles. The molecule has 8 nitrogen and oxygen atoms in total. The first-order valence-electron chi connectivity index (χ1n) is 11.1. The fourth-order valence-corrected chi connectivity index (χ4v) is 3.50. The van der Waals surface area contributed by atoms with E-state index in [9.17, 15) is 18.0 Å². The fourth-order valence-electron chi connectivity index (χ4n) is 3.50. The third kappa shape index (κ3) is 6.56. The predicted octanol–water partition coefficient (Wildman–Crippen LogP) is 4.45. The number of benzene rings is 1. The van der Waals surface area contributed by atoms with Gasteiger partial charge in [0.1, 0.15) is 17.0 Å². The number of alkyl halides is 3. The molecule has 1 aliphatic rings. The van der Waals surface area contributed by atoms with E-state index in [2.05, 4.69) is 20.4 Å². The molecule has 3 aromatic rings. The Kier molecular flexibility index (Phi) is 7.06. The summed E-state index contributed by atoms with van der Waals surface area (Å²) in [5, 5.41) is 6.73. The van der Waals surface area contributed by atoms with Gasteiger partial charge in [-0.05, 0) is 31.2 Å². The quantitative estimate of drug-likeness (QED) is 0.448. The van der Waals surface area contributed by atoms with Crippen LogP contribution in [0.25, 0.3) is 0 Å². The van der Waals surface area contributed by atoms with Gasteiger partial charge in [-0.15, -0.1) is 0 Å². The van der Waals surface area contributed by atoms with Crippen LogP contribution in [0.15, 0.2) is 47.1 Å². The van der Waals surface area contributed by atoms with E-state index >= 15 is 0 Å². The summed E-state index contributed by atoms with van der Waals surface area (Å²) >= 11 is 0. The van der Waals surface area contributed by atoms with E-state index in [4.69, 9.17) is 14.0 Å². The molecule has 35 heavy (non-hydrogen) atoms. The summed E-state index contributed by atoms with van der Waals surface area (Å²) in [5.74, 6) is -0.0560. The van der Waals surface area contributed by atoms with E-state index < -0.39 is 24.2 Å². The average Bonchev–Trinajstić information content (AvgIpc) is 3.57. The Hall–Kier alpha value is -3.47. The summed E-state index contributed by atoms with van der Waals surface area (Å²) in [6.45, 7) is 2.12. The Morgan fingerprint density at radius 3 is 2.57 bits per heavy atom. The standard InChI is InChI=1S/C24H25F3N4O4/c1-15-29-22(31-35-15)23(2,13-33-12-16-6-4-3-5-7-16)30-21(32)19-10-20(34-14-24(25,26)27)18(11-28-19)17-8-9-17/h3-7,10-11,17H,8-9,12-14H2,1-2H3,(H,30,32). The summed E-state index contributed by atoms with van der Waals surface area (Å²) in [4.78, 5) is 21.5. The smallest absolute Gasteiger partial charge is 0.422 e. The number of carbonyl (C=O) groups excluding carboxylic acids is 1. The highest BCUT2D eigenvalue weighted by molar-refractivity contribution is 5.93. The van der Waals surface area contributed by atoms with E-state index in [-0.39, 0.29) is 36.4 Å².